The highest BCUT2D eigenvalue weighted by atomic mass is 32.1. The van der Waals surface area contributed by atoms with E-state index in [1.54, 1.807) is 37.4 Å². The lowest BCUT2D eigenvalue weighted by Gasteiger charge is -2.07. The molecule has 1 aromatic heterocycles. The van der Waals surface area contributed by atoms with Gasteiger partial charge in [-0.2, -0.15) is 0 Å². The third kappa shape index (κ3) is 4.32. The van der Waals surface area contributed by atoms with E-state index in [0.29, 0.717) is 16.3 Å². The molecule has 1 heterocycles. The molecule has 2 aromatic rings. The second-order valence-corrected chi connectivity index (χ2v) is 5.66. The van der Waals surface area contributed by atoms with Gasteiger partial charge in [0.2, 0.25) is 5.91 Å². The quantitative estimate of drug-likeness (QED) is 0.891. The van der Waals surface area contributed by atoms with Crippen molar-refractivity contribution in [3.05, 3.63) is 46.2 Å². The topological polar surface area (TPSA) is 67.4 Å². The normalized spacial score (nSPS) is 10.0. The monoisotopic (exact) mass is 304 g/mol. The second kappa shape index (κ2) is 6.90. The highest BCUT2D eigenvalue weighted by Crippen LogP contribution is 2.16. The van der Waals surface area contributed by atoms with Gasteiger partial charge in [0, 0.05) is 16.6 Å². The van der Waals surface area contributed by atoms with Crippen LogP contribution in [0.5, 0.6) is 5.75 Å². The number of methoxy groups -OCH3 is 1. The Bertz CT molecular complexity index is 652. The average Bonchev–Trinajstić information content (AvgIpc) is 2.91. The predicted octanol–water partition coefficient (Wildman–Crippen LogP) is 2.43. The van der Waals surface area contributed by atoms with Crippen LogP contribution in [0.15, 0.2) is 36.4 Å². The Morgan fingerprint density at radius 1 is 1.24 bits per heavy atom. The Morgan fingerprint density at radius 3 is 2.71 bits per heavy atom. The zero-order chi connectivity index (χ0) is 15.2. The van der Waals surface area contributed by atoms with Crippen LogP contribution >= 0.6 is 11.3 Å². The number of hydrogen-bond donors (Lipinski definition) is 2. The van der Waals surface area contributed by atoms with Gasteiger partial charge >= 0.3 is 0 Å². The number of amides is 2. The van der Waals surface area contributed by atoms with Crippen LogP contribution in [0.2, 0.25) is 0 Å². The number of hydrogen-bond acceptors (Lipinski definition) is 4. The van der Waals surface area contributed by atoms with Crippen LogP contribution in [0.1, 0.15) is 14.5 Å². The molecule has 0 aliphatic rings. The molecular weight excluding hydrogens is 288 g/mol. The van der Waals surface area contributed by atoms with Gasteiger partial charge in [0.15, 0.2) is 0 Å². The fraction of sp³-hybridized carbons (Fsp3) is 0.200. The van der Waals surface area contributed by atoms with Crippen LogP contribution < -0.4 is 15.4 Å². The number of anilines is 1. The first-order valence-corrected chi connectivity index (χ1v) is 7.18. The third-order valence-corrected chi connectivity index (χ3v) is 3.73. The maximum atomic E-state index is 11.8. The largest absolute Gasteiger partial charge is 0.497 e. The molecule has 0 fully saturated rings. The lowest BCUT2D eigenvalue weighted by atomic mass is 10.3. The van der Waals surface area contributed by atoms with E-state index in [9.17, 15) is 9.59 Å². The SMILES string of the molecule is COc1cccc(NC(=O)CNC(=O)c2ccc(C)s2)c1. The van der Waals surface area contributed by atoms with Crippen molar-refractivity contribution in [2.45, 2.75) is 6.92 Å². The van der Waals surface area contributed by atoms with Gasteiger partial charge in [-0.05, 0) is 31.2 Å². The van der Waals surface area contributed by atoms with Gasteiger partial charge < -0.3 is 15.4 Å². The van der Waals surface area contributed by atoms with Crippen LogP contribution in [-0.2, 0) is 4.79 Å². The summed E-state index contributed by atoms with van der Waals surface area (Å²) in [5.74, 6) is 0.129. The molecule has 0 aliphatic carbocycles. The fourth-order valence-electron chi connectivity index (χ4n) is 1.71. The molecule has 2 amide bonds. The van der Waals surface area contributed by atoms with Gasteiger partial charge in [-0.1, -0.05) is 6.07 Å². The van der Waals surface area contributed by atoms with Crippen molar-refractivity contribution >= 4 is 28.8 Å². The maximum Gasteiger partial charge on any atom is 0.261 e. The van der Waals surface area contributed by atoms with Gasteiger partial charge in [-0.25, -0.2) is 0 Å². The molecule has 0 unspecified atom stereocenters. The molecule has 2 rings (SSSR count). The maximum absolute atomic E-state index is 11.8. The van der Waals surface area contributed by atoms with Crippen LogP contribution in [0.4, 0.5) is 5.69 Å². The van der Waals surface area contributed by atoms with Crippen molar-refractivity contribution in [1.82, 2.24) is 5.32 Å². The highest BCUT2D eigenvalue weighted by molar-refractivity contribution is 7.13. The third-order valence-electron chi connectivity index (χ3n) is 2.73. The Balaban J connectivity index is 1.85. The van der Waals surface area contributed by atoms with Crippen molar-refractivity contribution < 1.29 is 14.3 Å². The van der Waals surface area contributed by atoms with Gasteiger partial charge in [0.05, 0.1) is 18.5 Å². The molecular formula is C15H16N2O3S. The first kappa shape index (κ1) is 15.1. The van der Waals surface area contributed by atoms with Gasteiger partial charge in [0.1, 0.15) is 5.75 Å². The average molecular weight is 304 g/mol. The van der Waals surface area contributed by atoms with Crippen LogP contribution in [-0.4, -0.2) is 25.5 Å². The summed E-state index contributed by atoms with van der Waals surface area (Å²) in [4.78, 5) is 25.3. The second-order valence-electron chi connectivity index (χ2n) is 4.37. The van der Waals surface area contributed by atoms with Crippen molar-refractivity contribution in [3.63, 3.8) is 0 Å². The smallest absolute Gasteiger partial charge is 0.261 e. The number of aryl methyl sites for hydroxylation is 1. The predicted molar refractivity (Wildman–Crippen MR) is 83.0 cm³/mol. The molecule has 0 bridgehead atoms. The number of benzene rings is 1. The molecule has 2 N–H and O–H groups in total. The minimum absolute atomic E-state index is 0.0764. The standard InChI is InChI=1S/C15H16N2O3S/c1-10-6-7-13(21-10)15(19)16-9-14(18)17-11-4-3-5-12(8-11)20-2/h3-8H,9H2,1-2H3,(H,16,19)(H,17,18). The van der Waals surface area contributed by atoms with E-state index in [4.69, 9.17) is 4.74 Å². The van der Waals surface area contributed by atoms with Crippen LogP contribution in [0.25, 0.3) is 0 Å². The minimum atomic E-state index is -0.287. The first-order valence-electron chi connectivity index (χ1n) is 6.37. The summed E-state index contributed by atoms with van der Waals surface area (Å²) >= 11 is 1.40. The zero-order valence-electron chi connectivity index (χ0n) is 11.8. The minimum Gasteiger partial charge on any atom is -0.497 e. The molecule has 21 heavy (non-hydrogen) atoms. The van der Waals surface area contributed by atoms with Gasteiger partial charge in [-0.15, -0.1) is 11.3 Å². The van der Waals surface area contributed by atoms with Gasteiger partial charge in [-0.3, -0.25) is 9.59 Å². The zero-order valence-corrected chi connectivity index (χ0v) is 12.6. The molecule has 0 atom stereocenters. The number of nitrogens with one attached hydrogen (secondary N) is 2. The van der Waals surface area contributed by atoms with E-state index in [1.165, 1.54) is 11.3 Å². The molecule has 0 radical (unpaired) electrons. The summed E-state index contributed by atoms with van der Waals surface area (Å²) in [6, 6.07) is 10.6. The van der Waals surface area contributed by atoms with Crippen molar-refractivity contribution in [2.24, 2.45) is 0 Å². The molecule has 0 saturated carbocycles. The Morgan fingerprint density at radius 2 is 2.05 bits per heavy atom. The van der Waals surface area contributed by atoms with E-state index in [0.717, 1.165) is 4.88 Å². The van der Waals surface area contributed by atoms with E-state index in [1.807, 2.05) is 13.0 Å². The first-order chi connectivity index (χ1) is 10.1. The molecule has 110 valence electrons. The Labute approximate surface area is 126 Å². The summed E-state index contributed by atoms with van der Waals surface area (Å²) in [5, 5.41) is 5.29. The summed E-state index contributed by atoms with van der Waals surface area (Å²) in [5.41, 5.74) is 0.626. The van der Waals surface area contributed by atoms with Crippen LogP contribution in [0, 0.1) is 6.92 Å². The van der Waals surface area contributed by atoms with Gasteiger partial charge in [0.25, 0.3) is 5.91 Å². The Hall–Kier alpha value is -2.34. The molecule has 0 aliphatic heterocycles. The van der Waals surface area contributed by atoms with Crippen molar-refractivity contribution in [3.8, 4) is 5.75 Å². The molecule has 0 spiro atoms. The molecule has 0 saturated heterocycles. The molecule has 1 aromatic carbocycles. The van der Waals surface area contributed by atoms with E-state index in [-0.39, 0.29) is 18.4 Å². The summed E-state index contributed by atoms with van der Waals surface area (Å²) < 4.78 is 5.08. The lowest BCUT2D eigenvalue weighted by Crippen LogP contribution is -2.32. The van der Waals surface area contributed by atoms with E-state index >= 15 is 0 Å². The van der Waals surface area contributed by atoms with E-state index in [2.05, 4.69) is 10.6 Å². The summed E-state index contributed by atoms with van der Waals surface area (Å²) in [7, 11) is 1.56. The van der Waals surface area contributed by atoms with Crippen LogP contribution in [0.3, 0.4) is 0 Å². The number of ether oxygens (including phenoxy) is 1. The number of thiophene rings is 1. The Kier molecular flexibility index (Phi) is 4.94. The summed E-state index contributed by atoms with van der Waals surface area (Å²) in [6.07, 6.45) is 0. The summed E-state index contributed by atoms with van der Waals surface area (Å²) in [6.45, 7) is 1.85. The van der Waals surface area contributed by atoms with E-state index < -0.39 is 0 Å². The highest BCUT2D eigenvalue weighted by Gasteiger charge is 2.10. The molecule has 5 nitrogen and oxygen atoms in total. The molecule has 6 heteroatoms. The lowest BCUT2D eigenvalue weighted by molar-refractivity contribution is -0.115. The number of carbonyl (C=O) groups is 2. The fourth-order valence-corrected chi connectivity index (χ4v) is 2.49. The number of carbonyl (C=O) groups excluding carboxylic acids is 2. The number of rotatable bonds is 5. The van der Waals surface area contributed by atoms with Crippen molar-refractivity contribution in [1.29, 1.82) is 0 Å². The van der Waals surface area contributed by atoms with Crippen molar-refractivity contribution in [2.75, 3.05) is 19.0 Å².